The SMILES string of the molecule is Fc1ccc2c(c1)nc(CCl)n2CC(C1CC1)C1CC1. The molecule has 2 nitrogen and oxygen atoms in total. The largest absolute Gasteiger partial charge is 0.327 e. The van der Waals surface area contributed by atoms with Crippen molar-refractivity contribution < 1.29 is 4.39 Å². The van der Waals surface area contributed by atoms with Gasteiger partial charge in [0.25, 0.3) is 0 Å². The molecule has 2 aliphatic rings. The molecular formula is C16H18ClFN2. The van der Waals surface area contributed by atoms with Crippen molar-refractivity contribution in [2.24, 2.45) is 17.8 Å². The first-order chi connectivity index (χ1) is 9.76. The summed E-state index contributed by atoms with van der Waals surface area (Å²) in [5.74, 6) is 3.58. The van der Waals surface area contributed by atoms with Crippen molar-refractivity contribution in [3.05, 3.63) is 29.8 Å². The Kier molecular flexibility index (Phi) is 2.99. The van der Waals surface area contributed by atoms with Gasteiger partial charge in [-0.1, -0.05) is 0 Å². The minimum Gasteiger partial charge on any atom is -0.327 e. The van der Waals surface area contributed by atoms with Gasteiger partial charge in [-0.25, -0.2) is 9.37 Å². The Morgan fingerprint density at radius 2 is 1.95 bits per heavy atom. The standard InChI is InChI=1S/C16H18ClFN2/c17-8-16-19-14-7-12(18)5-6-15(14)20(16)9-13(10-1-2-10)11-3-4-11/h5-7,10-11,13H,1-4,8-9H2. The van der Waals surface area contributed by atoms with Gasteiger partial charge < -0.3 is 4.57 Å². The van der Waals surface area contributed by atoms with Gasteiger partial charge in [-0.15, -0.1) is 11.6 Å². The van der Waals surface area contributed by atoms with Crippen molar-refractivity contribution in [1.29, 1.82) is 0 Å². The molecule has 0 N–H and O–H groups in total. The van der Waals surface area contributed by atoms with Crippen LogP contribution in [-0.4, -0.2) is 9.55 Å². The Balaban J connectivity index is 1.73. The van der Waals surface area contributed by atoms with E-state index in [0.717, 1.165) is 41.2 Å². The summed E-state index contributed by atoms with van der Waals surface area (Å²) in [6, 6.07) is 4.86. The Morgan fingerprint density at radius 1 is 1.25 bits per heavy atom. The number of aromatic nitrogens is 2. The van der Waals surface area contributed by atoms with E-state index in [9.17, 15) is 4.39 Å². The van der Waals surface area contributed by atoms with Crippen LogP contribution in [0, 0.1) is 23.6 Å². The molecule has 0 amide bonds. The fourth-order valence-corrected chi connectivity index (χ4v) is 3.61. The van der Waals surface area contributed by atoms with Crippen molar-refractivity contribution in [2.75, 3.05) is 0 Å². The molecule has 0 bridgehead atoms. The zero-order valence-corrected chi connectivity index (χ0v) is 12.1. The van der Waals surface area contributed by atoms with Crippen LogP contribution in [0.5, 0.6) is 0 Å². The molecule has 2 aromatic rings. The molecule has 20 heavy (non-hydrogen) atoms. The molecule has 4 heteroatoms. The lowest BCUT2D eigenvalue weighted by atomic mass is 9.98. The summed E-state index contributed by atoms with van der Waals surface area (Å²) < 4.78 is 15.6. The average Bonchev–Trinajstić information content (AvgIpc) is 3.33. The van der Waals surface area contributed by atoms with E-state index in [1.54, 1.807) is 0 Å². The van der Waals surface area contributed by atoms with E-state index in [1.165, 1.54) is 37.8 Å². The zero-order valence-electron chi connectivity index (χ0n) is 11.4. The van der Waals surface area contributed by atoms with E-state index in [2.05, 4.69) is 9.55 Å². The van der Waals surface area contributed by atoms with Gasteiger partial charge in [0.05, 0.1) is 16.9 Å². The summed E-state index contributed by atoms with van der Waals surface area (Å²) in [5, 5.41) is 0. The van der Waals surface area contributed by atoms with E-state index in [0.29, 0.717) is 5.88 Å². The molecule has 2 saturated carbocycles. The maximum Gasteiger partial charge on any atom is 0.125 e. The first-order valence-electron chi connectivity index (χ1n) is 7.47. The number of hydrogen-bond acceptors (Lipinski definition) is 1. The molecule has 0 spiro atoms. The van der Waals surface area contributed by atoms with Crippen LogP contribution in [0.3, 0.4) is 0 Å². The van der Waals surface area contributed by atoms with Crippen molar-refractivity contribution in [3.63, 3.8) is 0 Å². The lowest BCUT2D eigenvalue weighted by Crippen LogP contribution is -2.16. The molecule has 2 aliphatic carbocycles. The molecule has 4 rings (SSSR count). The second kappa shape index (κ2) is 4.73. The van der Waals surface area contributed by atoms with Crippen molar-refractivity contribution >= 4 is 22.6 Å². The highest BCUT2D eigenvalue weighted by atomic mass is 35.5. The van der Waals surface area contributed by atoms with Gasteiger partial charge in [0.1, 0.15) is 11.6 Å². The molecule has 0 radical (unpaired) electrons. The Bertz CT molecular complexity index is 631. The third-order valence-corrected chi connectivity index (χ3v) is 5.00. The van der Waals surface area contributed by atoms with Crippen molar-refractivity contribution in [1.82, 2.24) is 9.55 Å². The second-order valence-corrected chi connectivity index (χ2v) is 6.51. The molecule has 0 aliphatic heterocycles. The summed E-state index contributed by atoms with van der Waals surface area (Å²) in [7, 11) is 0. The topological polar surface area (TPSA) is 17.8 Å². The highest BCUT2D eigenvalue weighted by Crippen LogP contribution is 2.50. The quantitative estimate of drug-likeness (QED) is 0.749. The molecule has 1 heterocycles. The molecule has 0 saturated heterocycles. The normalized spacial score (nSPS) is 19.1. The van der Waals surface area contributed by atoms with Gasteiger partial charge in [-0.05, 0) is 55.6 Å². The zero-order chi connectivity index (χ0) is 13.7. The van der Waals surface area contributed by atoms with E-state index in [1.807, 2.05) is 6.07 Å². The molecule has 1 aromatic heterocycles. The summed E-state index contributed by atoms with van der Waals surface area (Å²) in [6.45, 7) is 1.000. The van der Waals surface area contributed by atoms with Crippen LogP contribution in [0.2, 0.25) is 0 Å². The molecule has 2 fully saturated rings. The molecule has 1 aromatic carbocycles. The van der Waals surface area contributed by atoms with E-state index < -0.39 is 0 Å². The van der Waals surface area contributed by atoms with E-state index in [-0.39, 0.29) is 5.82 Å². The van der Waals surface area contributed by atoms with Gasteiger partial charge in [-0.3, -0.25) is 0 Å². The van der Waals surface area contributed by atoms with Crippen LogP contribution in [0.15, 0.2) is 18.2 Å². The van der Waals surface area contributed by atoms with Gasteiger partial charge in [0.2, 0.25) is 0 Å². The minimum absolute atomic E-state index is 0.232. The van der Waals surface area contributed by atoms with Gasteiger partial charge >= 0.3 is 0 Å². The van der Waals surface area contributed by atoms with Crippen LogP contribution in [0.1, 0.15) is 31.5 Å². The van der Waals surface area contributed by atoms with Gasteiger partial charge in [-0.2, -0.15) is 0 Å². The Morgan fingerprint density at radius 3 is 2.55 bits per heavy atom. The second-order valence-electron chi connectivity index (χ2n) is 6.24. The number of halogens is 2. The predicted octanol–water partition coefficient (Wildman–Crippen LogP) is 4.35. The number of nitrogens with zero attached hydrogens (tertiary/aromatic N) is 2. The number of alkyl halides is 1. The van der Waals surface area contributed by atoms with Crippen LogP contribution < -0.4 is 0 Å². The summed E-state index contributed by atoms with van der Waals surface area (Å²) in [6.07, 6.45) is 5.49. The van der Waals surface area contributed by atoms with Crippen LogP contribution in [0.25, 0.3) is 11.0 Å². The third-order valence-electron chi connectivity index (χ3n) is 4.76. The van der Waals surface area contributed by atoms with Crippen LogP contribution >= 0.6 is 11.6 Å². The number of hydrogen-bond donors (Lipinski definition) is 0. The fourth-order valence-electron chi connectivity index (χ4n) is 3.40. The Hall–Kier alpha value is -1.09. The molecule has 0 atom stereocenters. The number of imidazole rings is 1. The number of benzene rings is 1. The first-order valence-corrected chi connectivity index (χ1v) is 8.00. The number of fused-ring (bicyclic) bond motifs is 1. The lowest BCUT2D eigenvalue weighted by Gasteiger charge is -2.18. The molecule has 0 unspecified atom stereocenters. The maximum atomic E-state index is 13.3. The van der Waals surface area contributed by atoms with Crippen LogP contribution in [0.4, 0.5) is 4.39 Å². The van der Waals surface area contributed by atoms with Gasteiger partial charge in [0.15, 0.2) is 0 Å². The summed E-state index contributed by atoms with van der Waals surface area (Å²) in [4.78, 5) is 4.50. The van der Waals surface area contributed by atoms with E-state index in [4.69, 9.17) is 11.6 Å². The fraction of sp³-hybridized carbons (Fsp3) is 0.562. The van der Waals surface area contributed by atoms with Crippen molar-refractivity contribution in [3.8, 4) is 0 Å². The van der Waals surface area contributed by atoms with E-state index >= 15 is 0 Å². The average molecular weight is 293 g/mol. The maximum absolute atomic E-state index is 13.3. The predicted molar refractivity (Wildman–Crippen MR) is 78.2 cm³/mol. The van der Waals surface area contributed by atoms with Gasteiger partial charge in [0, 0.05) is 12.6 Å². The summed E-state index contributed by atoms with van der Waals surface area (Å²) in [5.41, 5.74) is 1.75. The minimum atomic E-state index is -0.232. The van der Waals surface area contributed by atoms with Crippen molar-refractivity contribution in [2.45, 2.75) is 38.1 Å². The first kappa shape index (κ1) is 12.6. The number of rotatable bonds is 5. The summed E-state index contributed by atoms with van der Waals surface area (Å²) >= 11 is 6.04. The highest BCUT2D eigenvalue weighted by molar-refractivity contribution is 6.16. The third kappa shape index (κ3) is 2.22. The smallest absolute Gasteiger partial charge is 0.125 e. The molecular weight excluding hydrogens is 275 g/mol. The highest BCUT2D eigenvalue weighted by Gasteiger charge is 2.41. The van der Waals surface area contributed by atoms with Crippen LogP contribution in [-0.2, 0) is 12.4 Å². The molecule has 106 valence electrons. The Labute approximate surface area is 122 Å². The lowest BCUT2D eigenvalue weighted by molar-refractivity contribution is 0.350. The monoisotopic (exact) mass is 292 g/mol.